The fourth-order valence-corrected chi connectivity index (χ4v) is 3.82. The second-order valence-corrected chi connectivity index (χ2v) is 7.37. The minimum Gasteiger partial charge on any atom is -0.377 e. The summed E-state index contributed by atoms with van der Waals surface area (Å²) in [4.78, 5) is 17.3. The molecule has 144 valence electrons. The van der Waals surface area contributed by atoms with Crippen LogP contribution >= 0.6 is 23.4 Å². The van der Waals surface area contributed by atoms with Crippen molar-refractivity contribution in [1.29, 1.82) is 0 Å². The first-order valence-electron chi connectivity index (χ1n) is 8.29. The Morgan fingerprint density at radius 1 is 1.41 bits per heavy atom. The third-order valence-electron chi connectivity index (χ3n) is 3.97. The molecule has 0 aliphatic carbocycles. The number of aliphatic hydroxyl groups is 1. The maximum absolute atomic E-state index is 12.1. The van der Waals surface area contributed by atoms with Crippen molar-refractivity contribution < 1.29 is 9.90 Å². The summed E-state index contributed by atoms with van der Waals surface area (Å²) in [5.74, 6) is 0.186. The Balaban J connectivity index is 1.59. The van der Waals surface area contributed by atoms with Gasteiger partial charge in [0, 0.05) is 30.2 Å². The van der Waals surface area contributed by atoms with Crippen LogP contribution in [0.1, 0.15) is 16.1 Å². The summed E-state index contributed by atoms with van der Waals surface area (Å²) < 4.78 is 1.61. The summed E-state index contributed by atoms with van der Waals surface area (Å²) in [6, 6.07) is 7.57. The number of thioether (sulfide) groups is 1. The van der Waals surface area contributed by atoms with Gasteiger partial charge in [-0.05, 0) is 17.7 Å². The first kappa shape index (κ1) is 19.6. The third kappa shape index (κ3) is 4.56. The number of hydrogen-bond donors (Lipinski definition) is 5. The summed E-state index contributed by atoms with van der Waals surface area (Å²) in [7, 11) is 3.24. The lowest BCUT2D eigenvalue weighted by Crippen LogP contribution is -2.44. The highest BCUT2D eigenvalue weighted by Crippen LogP contribution is 2.33. The van der Waals surface area contributed by atoms with Crippen LogP contribution in [0.3, 0.4) is 0 Å². The molecule has 0 saturated heterocycles. The van der Waals surface area contributed by atoms with Gasteiger partial charge < -0.3 is 25.6 Å². The molecule has 0 bridgehead atoms. The van der Waals surface area contributed by atoms with Crippen molar-refractivity contribution in [2.24, 2.45) is 0 Å². The molecule has 1 aromatic heterocycles. The van der Waals surface area contributed by atoms with Gasteiger partial charge in [0.25, 0.3) is 5.91 Å². The van der Waals surface area contributed by atoms with Gasteiger partial charge in [0.1, 0.15) is 11.7 Å². The van der Waals surface area contributed by atoms with Crippen LogP contribution in [0.2, 0.25) is 5.02 Å². The van der Waals surface area contributed by atoms with Crippen molar-refractivity contribution in [1.82, 2.24) is 25.5 Å². The Bertz CT molecular complexity index is 838. The van der Waals surface area contributed by atoms with Gasteiger partial charge >= 0.3 is 0 Å². The molecular weight excluding hydrogens is 388 g/mol. The molecule has 1 aromatic carbocycles. The van der Waals surface area contributed by atoms with Crippen molar-refractivity contribution >= 4 is 40.0 Å². The Kier molecular flexibility index (Phi) is 6.27. The minimum absolute atomic E-state index is 0.173. The van der Waals surface area contributed by atoms with Crippen molar-refractivity contribution in [3.63, 3.8) is 0 Å². The van der Waals surface area contributed by atoms with Crippen LogP contribution in [0.5, 0.6) is 0 Å². The number of aliphatic hydroxyl groups excluding tert-OH is 1. The Hall–Kier alpha value is -2.20. The number of nitrogens with zero attached hydrogens (tertiary/aromatic N) is 2. The number of benzene rings is 1. The molecule has 1 amide bonds. The summed E-state index contributed by atoms with van der Waals surface area (Å²) in [5, 5.41) is 22.8. The Morgan fingerprint density at radius 2 is 2.15 bits per heavy atom. The zero-order valence-corrected chi connectivity index (χ0v) is 16.4. The van der Waals surface area contributed by atoms with Crippen molar-refractivity contribution in [3.8, 4) is 0 Å². The van der Waals surface area contributed by atoms with E-state index in [1.807, 2.05) is 30.5 Å². The van der Waals surface area contributed by atoms with Crippen LogP contribution in [0.25, 0.3) is 4.91 Å². The molecule has 27 heavy (non-hydrogen) atoms. The molecule has 2 heterocycles. The van der Waals surface area contributed by atoms with Crippen LogP contribution < -0.4 is 21.3 Å². The summed E-state index contributed by atoms with van der Waals surface area (Å²) in [6.07, 6.45) is 2.54. The van der Waals surface area contributed by atoms with E-state index in [-0.39, 0.29) is 17.9 Å². The highest BCUT2D eigenvalue weighted by Gasteiger charge is 2.23. The maximum atomic E-state index is 12.1. The molecule has 1 aliphatic heterocycles. The Morgan fingerprint density at radius 3 is 2.81 bits per heavy atom. The molecule has 0 radical (unpaired) electrons. The van der Waals surface area contributed by atoms with E-state index >= 15 is 0 Å². The van der Waals surface area contributed by atoms with Gasteiger partial charge in [-0.15, -0.1) is 0 Å². The zero-order chi connectivity index (χ0) is 19.4. The van der Waals surface area contributed by atoms with E-state index in [9.17, 15) is 9.90 Å². The highest BCUT2D eigenvalue weighted by molar-refractivity contribution is 8.09. The van der Waals surface area contributed by atoms with Gasteiger partial charge in [-0.3, -0.25) is 10.1 Å². The molecule has 8 nitrogen and oxygen atoms in total. The average molecular weight is 409 g/mol. The molecule has 1 aliphatic rings. The molecule has 2 unspecified atom stereocenters. The molecule has 10 heteroatoms. The van der Waals surface area contributed by atoms with Crippen molar-refractivity contribution in [3.05, 3.63) is 53.1 Å². The molecule has 3 rings (SSSR count). The number of imidazole rings is 1. The number of carbonyl (C=O) groups is 1. The fraction of sp³-hybridized carbons (Fsp3) is 0.294. The molecule has 2 atom stereocenters. The average Bonchev–Trinajstić information content (AvgIpc) is 3.28. The molecule has 2 aromatic rings. The molecule has 5 N–H and O–H groups in total. The van der Waals surface area contributed by atoms with Crippen LogP contribution in [-0.2, 0) is 6.54 Å². The van der Waals surface area contributed by atoms with Crippen LogP contribution in [-0.4, -0.2) is 46.4 Å². The monoisotopic (exact) mass is 408 g/mol. The Labute approximate surface area is 166 Å². The van der Waals surface area contributed by atoms with E-state index in [1.165, 1.54) is 6.33 Å². The van der Waals surface area contributed by atoms with Crippen molar-refractivity contribution in [2.75, 3.05) is 19.4 Å². The molecular formula is C17H21ClN6O2S. The van der Waals surface area contributed by atoms with Gasteiger partial charge in [0.05, 0.1) is 12.9 Å². The SMILES string of the molecule is CNC(=O)c1c(NC)ncn1CC(O)NC1NC=C(c2ccc(Cl)cc2)S1. The third-order valence-corrected chi connectivity index (χ3v) is 5.34. The number of amides is 1. The van der Waals surface area contributed by atoms with E-state index in [1.54, 1.807) is 30.4 Å². The number of rotatable bonds is 7. The molecule has 0 spiro atoms. The van der Waals surface area contributed by atoms with Gasteiger partial charge in [-0.1, -0.05) is 35.5 Å². The smallest absolute Gasteiger partial charge is 0.271 e. The van der Waals surface area contributed by atoms with Gasteiger partial charge in [-0.25, -0.2) is 4.98 Å². The first-order valence-corrected chi connectivity index (χ1v) is 9.55. The van der Waals surface area contributed by atoms with E-state index in [2.05, 4.69) is 26.3 Å². The van der Waals surface area contributed by atoms with Gasteiger partial charge in [-0.2, -0.15) is 0 Å². The molecule has 0 saturated carbocycles. The fourth-order valence-electron chi connectivity index (χ4n) is 2.67. The van der Waals surface area contributed by atoms with Crippen LogP contribution in [0, 0.1) is 0 Å². The number of carbonyl (C=O) groups excluding carboxylic acids is 1. The lowest BCUT2D eigenvalue weighted by atomic mass is 10.2. The second-order valence-electron chi connectivity index (χ2n) is 5.79. The van der Waals surface area contributed by atoms with E-state index in [0.717, 1.165) is 10.5 Å². The zero-order valence-electron chi connectivity index (χ0n) is 14.9. The number of aromatic nitrogens is 2. The number of halogens is 1. The lowest BCUT2D eigenvalue weighted by molar-refractivity contribution is 0.0934. The van der Waals surface area contributed by atoms with Crippen LogP contribution in [0.4, 0.5) is 5.82 Å². The predicted molar refractivity (Wildman–Crippen MR) is 108 cm³/mol. The minimum atomic E-state index is -0.879. The largest absolute Gasteiger partial charge is 0.377 e. The van der Waals surface area contributed by atoms with Gasteiger partial charge in [0.2, 0.25) is 0 Å². The maximum Gasteiger partial charge on any atom is 0.271 e. The van der Waals surface area contributed by atoms with E-state index < -0.39 is 6.23 Å². The van der Waals surface area contributed by atoms with E-state index in [0.29, 0.717) is 16.5 Å². The lowest BCUT2D eigenvalue weighted by Gasteiger charge is -2.20. The number of nitrogens with one attached hydrogen (secondary N) is 4. The summed E-state index contributed by atoms with van der Waals surface area (Å²) in [5.41, 5.74) is 1.22. The summed E-state index contributed by atoms with van der Waals surface area (Å²) >= 11 is 7.48. The quantitative estimate of drug-likeness (QED) is 0.442. The van der Waals surface area contributed by atoms with Gasteiger partial charge in [0.15, 0.2) is 11.5 Å². The first-order chi connectivity index (χ1) is 13.0. The van der Waals surface area contributed by atoms with Crippen molar-refractivity contribution in [2.45, 2.75) is 18.3 Å². The molecule has 0 fully saturated rings. The number of anilines is 1. The van der Waals surface area contributed by atoms with E-state index in [4.69, 9.17) is 11.6 Å². The topological polar surface area (TPSA) is 103 Å². The normalized spacial score (nSPS) is 17.2. The number of hydrogen-bond acceptors (Lipinski definition) is 7. The van der Waals surface area contributed by atoms with Crippen LogP contribution in [0.15, 0.2) is 36.8 Å². The highest BCUT2D eigenvalue weighted by atomic mass is 35.5. The second kappa shape index (κ2) is 8.66. The summed E-state index contributed by atoms with van der Waals surface area (Å²) in [6.45, 7) is 0.173. The standard InChI is InChI=1S/C17H21ClN6O2S/c1-19-15-14(16(26)20-2)24(9-22-15)8-13(25)23-17-21-7-12(27-17)10-3-5-11(18)6-4-10/h3-7,9,13,17,19,21,23,25H,8H2,1-2H3,(H,20,26). The predicted octanol–water partition coefficient (Wildman–Crippen LogP) is 1.46.